The van der Waals surface area contributed by atoms with Gasteiger partial charge in [-0.05, 0) is 42.8 Å². The van der Waals surface area contributed by atoms with Gasteiger partial charge < -0.3 is 15.5 Å². The second-order valence-electron chi connectivity index (χ2n) is 7.30. The predicted molar refractivity (Wildman–Crippen MR) is 117 cm³/mol. The molecular formula is C23H30N4O2. The van der Waals surface area contributed by atoms with Gasteiger partial charge in [0.2, 0.25) is 5.91 Å². The van der Waals surface area contributed by atoms with Gasteiger partial charge in [-0.1, -0.05) is 38.1 Å². The summed E-state index contributed by atoms with van der Waals surface area (Å²) in [5, 5.41) is 5.89. The number of rotatable bonds is 7. The number of aryl methyl sites for hydroxylation is 1. The van der Waals surface area contributed by atoms with E-state index in [4.69, 9.17) is 0 Å². The van der Waals surface area contributed by atoms with Crippen LogP contribution < -0.4 is 10.6 Å². The van der Waals surface area contributed by atoms with Crippen LogP contribution in [0.2, 0.25) is 0 Å². The third kappa shape index (κ3) is 5.89. The number of amides is 2. The van der Waals surface area contributed by atoms with Crippen LogP contribution in [0, 0.1) is 0 Å². The van der Waals surface area contributed by atoms with Gasteiger partial charge in [0.15, 0.2) is 0 Å². The molecule has 1 saturated heterocycles. The molecule has 2 N–H and O–H groups in total. The van der Waals surface area contributed by atoms with E-state index in [9.17, 15) is 9.59 Å². The molecule has 2 aromatic carbocycles. The summed E-state index contributed by atoms with van der Waals surface area (Å²) in [6.07, 6.45) is 0.846. The van der Waals surface area contributed by atoms with Crippen molar-refractivity contribution >= 4 is 23.2 Å². The fourth-order valence-electron chi connectivity index (χ4n) is 3.55. The van der Waals surface area contributed by atoms with Gasteiger partial charge in [0.05, 0.1) is 6.54 Å². The summed E-state index contributed by atoms with van der Waals surface area (Å²) in [6.45, 7) is 9.45. The smallest absolute Gasteiger partial charge is 0.255 e. The van der Waals surface area contributed by atoms with Gasteiger partial charge in [0, 0.05) is 43.1 Å². The van der Waals surface area contributed by atoms with Gasteiger partial charge in [-0.25, -0.2) is 0 Å². The topological polar surface area (TPSA) is 64.7 Å². The van der Waals surface area contributed by atoms with Crippen LogP contribution in [0.25, 0.3) is 0 Å². The number of likely N-dealkylation sites (N-methyl/N-ethyl adjacent to an activating group) is 1. The average molecular weight is 395 g/mol. The molecule has 0 bridgehead atoms. The summed E-state index contributed by atoms with van der Waals surface area (Å²) < 4.78 is 0. The highest BCUT2D eigenvalue weighted by atomic mass is 16.2. The van der Waals surface area contributed by atoms with Crippen LogP contribution in [0.15, 0.2) is 48.5 Å². The second kappa shape index (κ2) is 10.2. The number of anilines is 2. The van der Waals surface area contributed by atoms with Crippen LogP contribution in [0.5, 0.6) is 0 Å². The minimum atomic E-state index is -0.183. The first-order valence-corrected chi connectivity index (χ1v) is 10.3. The Morgan fingerprint density at radius 1 is 0.897 bits per heavy atom. The van der Waals surface area contributed by atoms with E-state index >= 15 is 0 Å². The fourth-order valence-corrected chi connectivity index (χ4v) is 3.55. The first-order valence-electron chi connectivity index (χ1n) is 10.3. The van der Waals surface area contributed by atoms with E-state index in [2.05, 4.69) is 34.3 Å². The highest BCUT2D eigenvalue weighted by Gasteiger charge is 2.18. The molecule has 29 heavy (non-hydrogen) atoms. The van der Waals surface area contributed by atoms with Crippen molar-refractivity contribution < 1.29 is 9.59 Å². The summed E-state index contributed by atoms with van der Waals surface area (Å²) >= 11 is 0. The summed E-state index contributed by atoms with van der Waals surface area (Å²) in [5.74, 6) is -0.235. The molecule has 2 aromatic rings. The molecule has 154 valence electrons. The number of hydrogen-bond acceptors (Lipinski definition) is 4. The maximum Gasteiger partial charge on any atom is 0.255 e. The molecule has 6 heteroatoms. The molecular weight excluding hydrogens is 364 g/mol. The van der Waals surface area contributed by atoms with Gasteiger partial charge >= 0.3 is 0 Å². The van der Waals surface area contributed by atoms with E-state index in [1.807, 2.05) is 30.3 Å². The van der Waals surface area contributed by atoms with Gasteiger partial charge in [-0.15, -0.1) is 0 Å². The number of carbonyl (C=O) groups is 2. The lowest BCUT2D eigenvalue weighted by Crippen LogP contribution is -2.48. The zero-order valence-electron chi connectivity index (χ0n) is 17.3. The quantitative estimate of drug-likeness (QED) is 0.758. The maximum absolute atomic E-state index is 12.7. The van der Waals surface area contributed by atoms with E-state index < -0.39 is 0 Å². The standard InChI is InChI=1S/C23H30N4O2/c1-3-18-8-5-6-11-21(18)25-23(29)19-9-7-10-20(16-19)24-22(28)17-27-14-12-26(4-2)13-15-27/h5-11,16H,3-4,12-15,17H2,1-2H3,(H,24,28)(H,25,29). The van der Waals surface area contributed by atoms with Crippen molar-refractivity contribution in [3.8, 4) is 0 Å². The van der Waals surface area contributed by atoms with Crippen LogP contribution in [0.4, 0.5) is 11.4 Å². The zero-order chi connectivity index (χ0) is 20.6. The fraction of sp³-hybridized carbons (Fsp3) is 0.391. The van der Waals surface area contributed by atoms with Gasteiger partial charge in [0.25, 0.3) is 5.91 Å². The monoisotopic (exact) mass is 394 g/mol. The molecule has 2 amide bonds. The van der Waals surface area contributed by atoms with Crippen molar-refractivity contribution in [3.05, 3.63) is 59.7 Å². The number of benzene rings is 2. The lowest BCUT2D eigenvalue weighted by atomic mass is 10.1. The predicted octanol–water partition coefficient (Wildman–Crippen LogP) is 3.08. The number of carbonyl (C=O) groups excluding carboxylic acids is 2. The lowest BCUT2D eigenvalue weighted by molar-refractivity contribution is -0.117. The third-order valence-electron chi connectivity index (χ3n) is 5.33. The number of piperazine rings is 1. The Bertz CT molecular complexity index is 844. The van der Waals surface area contributed by atoms with Gasteiger partial charge in [0.1, 0.15) is 0 Å². The van der Waals surface area contributed by atoms with Crippen molar-refractivity contribution in [2.45, 2.75) is 20.3 Å². The molecule has 6 nitrogen and oxygen atoms in total. The Kier molecular flexibility index (Phi) is 7.38. The maximum atomic E-state index is 12.7. The summed E-state index contributed by atoms with van der Waals surface area (Å²) in [4.78, 5) is 29.6. The lowest BCUT2D eigenvalue weighted by Gasteiger charge is -2.33. The molecule has 3 rings (SSSR count). The molecule has 0 saturated carbocycles. The third-order valence-corrected chi connectivity index (χ3v) is 5.33. The Morgan fingerprint density at radius 3 is 2.34 bits per heavy atom. The molecule has 1 aliphatic rings. The normalized spacial score (nSPS) is 15.1. The summed E-state index contributed by atoms with van der Waals surface area (Å²) in [5.41, 5.74) is 3.07. The highest BCUT2D eigenvalue weighted by Crippen LogP contribution is 2.18. The molecule has 0 atom stereocenters. The largest absolute Gasteiger partial charge is 0.325 e. The number of nitrogens with one attached hydrogen (secondary N) is 2. The molecule has 1 fully saturated rings. The first kappa shape index (κ1) is 21.0. The van der Waals surface area contributed by atoms with Gasteiger partial charge in [-0.3, -0.25) is 14.5 Å². The van der Waals surface area contributed by atoms with E-state index in [1.165, 1.54) is 0 Å². The van der Waals surface area contributed by atoms with Crippen LogP contribution in [0.3, 0.4) is 0 Å². The van der Waals surface area contributed by atoms with E-state index in [0.29, 0.717) is 17.8 Å². The van der Waals surface area contributed by atoms with Crippen molar-refractivity contribution in [2.75, 3.05) is 49.9 Å². The van der Waals surface area contributed by atoms with Crippen LogP contribution in [-0.2, 0) is 11.2 Å². The molecule has 0 unspecified atom stereocenters. The molecule has 0 radical (unpaired) electrons. The summed E-state index contributed by atoms with van der Waals surface area (Å²) in [6, 6.07) is 14.9. The number of para-hydroxylation sites is 1. The Morgan fingerprint density at radius 2 is 1.62 bits per heavy atom. The van der Waals surface area contributed by atoms with E-state index in [1.54, 1.807) is 18.2 Å². The van der Waals surface area contributed by atoms with Gasteiger partial charge in [-0.2, -0.15) is 0 Å². The molecule has 0 aliphatic carbocycles. The Labute approximate surface area is 172 Å². The Balaban J connectivity index is 1.57. The van der Waals surface area contributed by atoms with Crippen molar-refractivity contribution in [1.29, 1.82) is 0 Å². The molecule has 0 spiro atoms. The van der Waals surface area contributed by atoms with Crippen molar-refractivity contribution in [1.82, 2.24) is 9.80 Å². The van der Waals surface area contributed by atoms with E-state index in [0.717, 1.165) is 50.4 Å². The SMILES string of the molecule is CCc1ccccc1NC(=O)c1cccc(NC(=O)CN2CCN(CC)CC2)c1. The van der Waals surface area contributed by atoms with Crippen molar-refractivity contribution in [3.63, 3.8) is 0 Å². The van der Waals surface area contributed by atoms with Crippen LogP contribution in [0.1, 0.15) is 29.8 Å². The average Bonchev–Trinajstić information content (AvgIpc) is 2.74. The minimum Gasteiger partial charge on any atom is -0.325 e. The summed E-state index contributed by atoms with van der Waals surface area (Å²) in [7, 11) is 0. The van der Waals surface area contributed by atoms with Crippen molar-refractivity contribution in [2.24, 2.45) is 0 Å². The molecule has 0 aromatic heterocycles. The highest BCUT2D eigenvalue weighted by molar-refractivity contribution is 6.05. The van der Waals surface area contributed by atoms with Crippen LogP contribution in [-0.4, -0.2) is 60.9 Å². The zero-order valence-corrected chi connectivity index (χ0v) is 17.3. The molecule has 1 heterocycles. The van der Waals surface area contributed by atoms with Crippen LogP contribution >= 0.6 is 0 Å². The number of hydrogen-bond donors (Lipinski definition) is 2. The Hall–Kier alpha value is -2.70. The second-order valence-corrected chi connectivity index (χ2v) is 7.30. The first-order chi connectivity index (χ1) is 14.1. The molecule has 1 aliphatic heterocycles. The van der Waals surface area contributed by atoms with E-state index in [-0.39, 0.29) is 11.8 Å². The number of nitrogens with zero attached hydrogens (tertiary/aromatic N) is 2. The minimum absolute atomic E-state index is 0.0520.